The van der Waals surface area contributed by atoms with Gasteiger partial charge in [0.2, 0.25) is 0 Å². The Morgan fingerprint density at radius 2 is 1.85 bits per heavy atom. The van der Waals surface area contributed by atoms with Crippen molar-refractivity contribution in [3.05, 3.63) is 87.8 Å². The molecule has 0 saturated heterocycles. The zero-order valence-electron chi connectivity index (χ0n) is 18.7. The first-order valence-electron chi connectivity index (χ1n) is 11.1. The number of nitrogens with one attached hydrogen (secondary N) is 1. The molecule has 1 atom stereocenters. The molecule has 0 aliphatic carbocycles. The molecular formula is C26H29N3O3S. The molecule has 4 aromatic rings. The van der Waals surface area contributed by atoms with Gasteiger partial charge in [-0.2, -0.15) is 0 Å². The van der Waals surface area contributed by atoms with Crippen LogP contribution < -0.4 is 5.56 Å². The Hall–Kier alpha value is -2.84. The second-order valence-corrected chi connectivity index (χ2v) is 8.99. The Labute approximate surface area is 197 Å². The number of fused-ring (bicyclic) bond motifs is 1. The van der Waals surface area contributed by atoms with E-state index in [0.29, 0.717) is 37.3 Å². The summed E-state index contributed by atoms with van der Waals surface area (Å²) in [6, 6.07) is 19.9. The van der Waals surface area contributed by atoms with Gasteiger partial charge in [0, 0.05) is 37.7 Å². The van der Waals surface area contributed by atoms with Crippen molar-refractivity contribution < 1.29 is 9.84 Å². The smallest absolute Gasteiger partial charge is 0.260 e. The zero-order valence-corrected chi connectivity index (χ0v) is 19.6. The van der Waals surface area contributed by atoms with Crippen molar-refractivity contribution >= 4 is 21.6 Å². The standard InChI is InChI=1S/C26H29N3O3S/c1-32-14-8-13-29(16-21(30)15-19-9-4-2-5-10-19)17-23-27-25(31)24-22(18-33-26(24)28-23)20-11-6-3-7-12-20/h2-7,9-12,18,21,30H,8,13-17H2,1H3,(H,27,28,31)/t21-/m0/s1. The van der Waals surface area contributed by atoms with Gasteiger partial charge in [0.1, 0.15) is 10.7 Å². The average molecular weight is 464 g/mol. The highest BCUT2D eigenvalue weighted by Gasteiger charge is 2.17. The number of hydrogen-bond acceptors (Lipinski definition) is 6. The van der Waals surface area contributed by atoms with Gasteiger partial charge < -0.3 is 14.8 Å². The fourth-order valence-electron chi connectivity index (χ4n) is 4.03. The van der Waals surface area contributed by atoms with Crippen molar-refractivity contribution in [3.63, 3.8) is 0 Å². The molecule has 2 heterocycles. The topological polar surface area (TPSA) is 78.5 Å². The summed E-state index contributed by atoms with van der Waals surface area (Å²) in [4.78, 5) is 23.6. The summed E-state index contributed by atoms with van der Waals surface area (Å²) in [5.41, 5.74) is 2.89. The van der Waals surface area contributed by atoms with Crippen molar-refractivity contribution in [1.82, 2.24) is 14.9 Å². The molecule has 7 heteroatoms. The van der Waals surface area contributed by atoms with Crippen LogP contribution in [0.15, 0.2) is 70.8 Å². The van der Waals surface area contributed by atoms with Gasteiger partial charge in [-0.1, -0.05) is 60.7 Å². The maximum Gasteiger partial charge on any atom is 0.260 e. The van der Waals surface area contributed by atoms with Crippen LogP contribution in [-0.4, -0.2) is 52.9 Å². The van der Waals surface area contributed by atoms with E-state index in [1.807, 2.05) is 66.0 Å². The lowest BCUT2D eigenvalue weighted by molar-refractivity contribution is 0.0980. The molecule has 2 N–H and O–H groups in total. The number of rotatable bonds is 11. The van der Waals surface area contributed by atoms with Crippen LogP contribution in [0.4, 0.5) is 0 Å². The number of nitrogens with zero attached hydrogens (tertiary/aromatic N) is 2. The van der Waals surface area contributed by atoms with E-state index >= 15 is 0 Å². The highest BCUT2D eigenvalue weighted by Crippen LogP contribution is 2.30. The number of ether oxygens (including phenoxy) is 1. The van der Waals surface area contributed by atoms with Crippen LogP contribution in [0.5, 0.6) is 0 Å². The van der Waals surface area contributed by atoms with Crippen LogP contribution in [0.2, 0.25) is 0 Å². The van der Waals surface area contributed by atoms with Crippen molar-refractivity contribution in [3.8, 4) is 11.1 Å². The van der Waals surface area contributed by atoms with E-state index in [2.05, 4.69) is 9.88 Å². The van der Waals surface area contributed by atoms with Crippen LogP contribution in [0, 0.1) is 0 Å². The van der Waals surface area contributed by atoms with Crippen molar-refractivity contribution in [2.45, 2.75) is 25.5 Å². The van der Waals surface area contributed by atoms with Crippen LogP contribution in [0.3, 0.4) is 0 Å². The number of aromatic nitrogens is 2. The highest BCUT2D eigenvalue weighted by atomic mass is 32.1. The molecule has 0 aliphatic rings. The average Bonchev–Trinajstić information content (AvgIpc) is 3.25. The molecular weight excluding hydrogens is 434 g/mol. The summed E-state index contributed by atoms with van der Waals surface area (Å²) in [6.45, 7) is 2.32. The molecule has 6 nitrogen and oxygen atoms in total. The molecule has 0 saturated carbocycles. The molecule has 4 rings (SSSR count). The van der Waals surface area contributed by atoms with Gasteiger partial charge in [0.25, 0.3) is 5.56 Å². The van der Waals surface area contributed by atoms with Crippen LogP contribution in [-0.2, 0) is 17.7 Å². The van der Waals surface area contributed by atoms with Gasteiger partial charge in [-0.05, 0) is 24.0 Å². The molecule has 172 valence electrons. The SMILES string of the molecule is COCCCN(Cc1nc2scc(-c3ccccc3)c2c(=O)[nH]1)C[C@@H](O)Cc1ccccc1. The fourth-order valence-corrected chi connectivity index (χ4v) is 4.99. The molecule has 0 radical (unpaired) electrons. The Kier molecular flexibility index (Phi) is 8.01. The van der Waals surface area contributed by atoms with Gasteiger partial charge in [-0.3, -0.25) is 9.69 Å². The number of methoxy groups -OCH3 is 1. The summed E-state index contributed by atoms with van der Waals surface area (Å²) < 4.78 is 5.20. The summed E-state index contributed by atoms with van der Waals surface area (Å²) in [5.74, 6) is 0.610. The summed E-state index contributed by atoms with van der Waals surface area (Å²) in [6.07, 6.45) is 0.894. The van der Waals surface area contributed by atoms with E-state index in [4.69, 9.17) is 9.72 Å². The number of thiophene rings is 1. The predicted molar refractivity (Wildman–Crippen MR) is 134 cm³/mol. The van der Waals surface area contributed by atoms with E-state index < -0.39 is 6.10 Å². The van der Waals surface area contributed by atoms with Crippen LogP contribution in [0.1, 0.15) is 17.8 Å². The molecule has 33 heavy (non-hydrogen) atoms. The summed E-state index contributed by atoms with van der Waals surface area (Å²) >= 11 is 1.48. The van der Waals surface area contributed by atoms with Gasteiger partial charge in [-0.25, -0.2) is 4.98 Å². The molecule has 0 amide bonds. The first-order chi connectivity index (χ1) is 16.1. The Morgan fingerprint density at radius 1 is 1.12 bits per heavy atom. The minimum Gasteiger partial charge on any atom is -0.391 e. The second kappa shape index (κ2) is 11.3. The van der Waals surface area contributed by atoms with Gasteiger partial charge in [0.15, 0.2) is 0 Å². The number of benzene rings is 2. The van der Waals surface area contributed by atoms with Crippen molar-refractivity contribution in [2.24, 2.45) is 0 Å². The Morgan fingerprint density at radius 3 is 2.58 bits per heavy atom. The molecule has 2 aromatic carbocycles. The highest BCUT2D eigenvalue weighted by molar-refractivity contribution is 7.17. The number of H-pyrrole nitrogens is 1. The monoisotopic (exact) mass is 463 g/mol. The maximum atomic E-state index is 13.0. The predicted octanol–water partition coefficient (Wildman–Crippen LogP) is 4.09. The van der Waals surface area contributed by atoms with Crippen molar-refractivity contribution in [2.75, 3.05) is 26.8 Å². The van der Waals surface area contributed by atoms with E-state index in [1.54, 1.807) is 7.11 Å². The third-order valence-corrected chi connectivity index (χ3v) is 6.43. The second-order valence-electron chi connectivity index (χ2n) is 8.13. The lowest BCUT2D eigenvalue weighted by Crippen LogP contribution is -2.35. The third kappa shape index (κ3) is 6.15. The van der Waals surface area contributed by atoms with Gasteiger partial charge in [-0.15, -0.1) is 11.3 Å². The summed E-state index contributed by atoms with van der Waals surface area (Å²) in [5, 5.41) is 13.3. The molecule has 0 fully saturated rings. The van der Waals surface area contributed by atoms with Gasteiger partial charge >= 0.3 is 0 Å². The number of hydrogen-bond donors (Lipinski definition) is 2. The van der Waals surface area contributed by atoms with E-state index in [-0.39, 0.29) is 5.56 Å². The first-order valence-corrected chi connectivity index (χ1v) is 12.0. The first kappa shape index (κ1) is 23.3. The molecule has 0 bridgehead atoms. The minimum atomic E-state index is -0.517. The molecule has 0 spiro atoms. The molecule has 2 aromatic heterocycles. The Balaban J connectivity index is 1.52. The Bertz CT molecular complexity index is 1210. The largest absolute Gasteiger partial charge is 0.391 e. The summed E-state index contributed by atoms with van der Waals surface area (Å²) in [7, 11) is 1.68. The number of aliphatic hydroxyl groups is 1. The third-order valence-electron chi connectivity index (χ3n) is 5.56. The van der Waals surface area contributed by atoms with Crippen LogP contribution >= 0.6 is 11.3 Å². The van der Waals surface area contributed by atoms with E-state index in [0.717, 1.165) is 34.5 Å². The normalized spacial score (nSPS) is 12.5. The fraction of sp³-hybridized carbons (Fsp3) is 0.308. The van der Waals surface area contributed by atoms with E-state index in [9.17, 15) is 9.90 Å². The number of aromatic amines is 1. The van der Waals surface area contributed by atoms with Crippen molar-refractivity contribution in [1.29, 1.82) is 0 Å². The quantitative estimate of drug-likeness (QED) is 0.328. The molecule has 0 aliphatic heterocycles. The zero-order chi connectivity index (χ0) is 23.0. The maximum absolute atomic E-state index is 13.0. The minimum absolute atomic E-state index is 0.128. The van der Waals surface area contributed by atoms with E-state index in [1.165, 1.54) is 11.3 Å². The molecule has 0 unspecified atom stereocenters. The van der Waals surface area contributed by atoms with Crippen LogP contribution in [0.25, 0.3) is 21.3 Å². The lowest BCUT2D eigenvalue weighted by atomic mass is 10.1. The number of aliphatic hydroxyl groups excluding tert-OH is 1. The lowest BCUT2D eigenvalue weighted by Gasteiger charge is -2.24. The van der Waals surface area contributed by atoms with Gasteiger partial charge in [0.05, 0.1) is 18.0 Å².